The van der Waals surface area contributed by atoms with Crippen LogP contribution in [0.4, 0.5) is 39.5 Å². The first-order valence-corrected chi connectivity index (χ1v) is 3.15. The maximum absolute atomic E-state index is 12.6. The number of halogens is 9. The molecule has 0 N–H and O–H groups in total. The van der Waals surface area contributed by atoms with Gasteiger partial charge in [0.25, 0.3) is 5.67 Å². The van der Waals surface area contributed by atoms with Gasteiger partial charge in [0.05, 0.1) is 0 Å². The Morgan fingerprint density at radius 2 is 1.00 bits per heavy atom. The van der Waals surface area contributed by atoms with E-state index in [4.69, 9.17) is 0 Å². The highest BCUT2D eigenvalue weighted by atomic mass is 19.4. The average Bonchev–Trinajstić information content (AvgIpc) is 1.98. The van der Waals surface area contributed by atoms with E-state index >= 15 is 0 Å². The Hall–Kier alpha value is -0.890. The van der Waals surface area contributed by atoms with Crippen LogP contribution in [0.1, 0.15) is 0 Å². The van der Waals surface area contributed by atoms with Gasteiger partial charge in [0.15, 0.2) is 0 Å². The van der Waals surface area contributed by atoms with Crippen molar-refractivity contribution >= 4 is 0 Å². The molecule has 1 atom stereocenters. The summed E-state index contributed by atoms with van der Waals surface area (Å²) in [6.07, 6.45) is -14.2. The van der Waals surface area contributed by atoms with Crippen molar-refractivity contribution in [2.75, 3.05) is 0 Å². The summed E-state index contributed by atoms with van der Waals surface area (Å²) in [5.74, 6) is -6.58. The maximum atomic E-state index is 12.6. The summed E-state index contributed by atoms with van der Waals surface area (Å²) in [5, 5.41) is 0. The molecule has 0 aromatic heterocycles. The molecule has 0 radical (unpaired) electrons. The van der Waals surface area contributed by atoms with E-state index in [0.29, 0.717) is 0 Å². The van der Waals surface area contributed by atoms with Crippen LogP contribution in [0.2, 0.25) is 0 Å². The normalized spacial score (nSPS) is 18.5. The predicted octanol–water partition coefficient (Wildman–Crippen LogP) is 3.64. The smallest absolute Gasteiger partial charge is 0.222 e. The first-order chi connectivity index (χ1) is 6.31. The topological polar surface area (TPSA) is 0 Å². The van der Waals surface area contributed by atoms with Crippen molar-refractivity contribution in [3.63, 3.8) is 0 Å². The number of rotatable bonds is 2. The van der Waals surface area contributed by atoms with Gasteiger partial charge in [-0.05, 0) is 6.08 Å². The van der Waals surface area contributed by atoms with Crippen LogP contribution in [0.3, 0.4) is 0 Å². The summed E-state index contributed by atoms with van der Waals surface area (Å²) >= 11 is 0. The zero-order chi connectivity index (χ0) is 12.7. The Balaban J connectivity index is 5.61. The van der Waals surface area contributed by atoms with Crippen LogP contribution in [0.25, 0.3) is 0 Å². The zero-order valence-electron chi connectivity index (χ0n) is 6.69. The van der Waals surface area contributed by atoms with Gasteiger partial charge in [-0.15, -0.1) is 0 Å². The fourth-order valence-electron chi connectivity index (χ4n) is 0.628. The molecule has 0 aliphatic heterocycles. The van der Waals surface area contributed by atoms with Crippen molar-refractivity contribution in [2.24, 2.45) is 0 Å². The number of alkyl halides is 9. The molecule has 15 heavy (non-hydrogen) atoms. The molecule has 0 amide bonds. The van der Waals surface area contributed by atoms with Crippen LogP contribution in [-0.4, -0.2) is 23.9 Å². The average molecular weight is 246 g/mol. The van der Waals surface area contributed by atoms with E-state index in [1.54, 1.807) is 0 Å². The molecule has 0 aromatic carbocycles. The van der Waals surface area contributed by atoms with Gasteiger partial charge in [0, 0.05) is 0 Å². The standard InChI is InChI=1S/C6H3F9/c1-2-3(7,5(10,11)12)4(8,9)6(13,14)15/h2H,1H2/t3-/m1/s1. The Bertz CT molecular complexity index is 246. The van der Waals surface area contributed by atoms with E-state index in [2.05, 4.69) is 0 Å². The lowest BCUT2D eigenvalue weighted by Crippen LogP contribution is -2.60. The molecule has 0 rings (SSSR count). The van der Waals surface area contributed by atoms with Crippen LogP contribution in [-0.2, 0) is 0 Å². The molecule has 0 saturated carbocycles. The second kappa shape index (κ2) is 3.31. The fourth-order valence-corrected chi connectivity index (χ4v) is 0.628. The molecule has 0 saturated heterocycles. The molecular formula is C6H3F9. The van der Waals surface area contributed by atoms with Crippen LogP contribution in [0, 0.1) is 0 Å². The molecular weight excluding hydrogens is 243 g/mol. The van der Waals surface area contributed by atoms with Crippen molar-refractivity contribution in [1.82, 2.24) is 0 Å². The third-order valence-corrected chi connectivity index (χ3v) is 1.51. The summed E-state index contributed by atoms with van der Waals surface area (Å²) in [5.41, 5.74) is -5.84. The van der Waals surface area contributed by atoms with E-state index in [0.717, 1.165) is 0 Å². The fraction of sp³-hybridized carbons (Fsp3) is 0.667. The van der Waals surface area contributed by atoms with Crippen molar-refractivity contribution in [1.29, 1.82) is 0 Å². The molecule has 0 bridgehead atoms. The Labute approximate surface area is 77.4 Å². The number of hydrogen-bond acceptors (Lipinski definition) is 0. The minimum atomic E-state index is -6.66. The minimum absolute atomic E-state index is 1.11. The monoisotopic (exact) mass is 246 g/mol. The third-order valence-electron chi connectivity index (χ3n) is 1.51. The van der Waals surface area contributed by atoms with E-state index in [9.17, 15) is 39.5 Å². The van der Waals surface area contributed by atoms with E-state index < -0.39 is 30.0 Å². The van der Waals surface area contributed by atoms with E-state index in [1.165, 1.54) is 0 Å². The van der Waals surface area contributed by atoms with Crippen LogP contribution >= 0.6 is 0 Å². The lowest BCUT2D eigenvalue weighted by Gasteiger charge is -2.33. The van der Waals surface area contributed by atoms with Gasteiger partial charge in [-0.25, -0.2) is 4.39 Å². The Morgan fingerprint density at radius 3 is 1.07 bits per heavy atom. The lowest BCUT2D eigenvalue weighted by molar-refractivity contribution is -0.369. The van der Waals surface area contributed by atoms with Gasteiger partial charge in [0.1, 0.15) is 0 Å². The van der Waals surface area contributed by atoms with Gasteiger partial charge in [0.2, 0.25) is 0 Å². The molecule has 0 unspecified atom stereocenters. The van der Waals surface area contributed by atoms with Gasteiger partial charge < -0.3 is 0 Å². The molecule has 0 aromatic rings. The van der Waals surface area contributed by atoms with Gasteiger partial charge >= 0.3 is 18.3 Å². The Kier molecular flexibility index (Phi) is 3.11. The van der Waals surface area contributed by atoms with Crippen molar-refractivity contribution in [3.05, 3.63) is 12.7 Å². The summed E-state index contributed by atoms with van der Waals surface area (Å²) < 4.78 is 107. The summed E-state index contributed by atoms with van der Waals surface area (Å²) in [4.78, 5) is 0. The van der Waals surface area contributed by atoms with Gasteiger partial charge in [-0.1, -0.05) is 6.58 Å². The molecule has 0 fully saturated rings. The van der Waals surface area contributed by atoms with Crippen molar-refractivity contribution < 1.29 is 39.5 Å². The Morgan fingerprint density at radius 1 is 0.667 bits per heavy atom. The second-order valence-electron chi connectivity index (χ2n) is 2.49. The first kappa shape index (κ1) is 14.1. The first-order valence-electron chi connectivity index (χ1n) is 3.15. The molecule has 0 aliphatic rings. The summed E-state index contributed by atoms with van der Waals surface area (Å²) in [6, 6.07) is 0. The SMILES string of the molecule is C=C[C@](F)(C(F)(F)F)C(F)(F)C(F)(F)F. The lowest BCUT2D eigenvalue weighted by atomic mass is 9.96. The largest absolute Gasteiger partial charge is 0.457 e. The highest BCUT2D eigenvalue weighted by molar-refractivity contribution is 5.13. The van der Waals surface area contributed by atoms with Gasteiger partial charge in [-0.3, -0.25) is 0 Å². The van der Waals surface area contributed by atoms with Crippen LogP contribution < -0.4 is 0 Å². The number of hydrogen-bond donors (Lipinski definition) is 0. The molecule has 0 aliphatic carbocycles. The zero-order valence-corrected chi connectivity index (χ0v) is 6.69. The van der Waals surface area contributed by atoms with E-state index in [-0.39, 0.29) is 0 Å². The highest BCUT2D eigenvalue weighted by Crippen LogP contribution is 2.53. The van der Waals surface area contributed by atoms with E-state index in [1.807, 2.05) is 6.58 Å². The van der Waals surface area contributed by atoms with Gasteiger partial charge in [-0.2, -0.15) is 35.1 Å². The second-order valence-corrected chi connectivity index (χ2v) is 2.49. The minimum Gasteiger partial charge on any atom is -0.222 e. The predicted molar refractivity (Wildman–Crippen MR) is 31.1 cm³/mol. The summed E-state index contributed by atoms with van der Waals surface area (Å²) in [6.45, 7) is 2.00. The third kappa shape index (κ3) is 1.91. The van der Waals surface area contributed by atoms with Crippen LogP contribution in [0.5, 0.6) is 0 Å². The maximum Gasteiger partial charge on any atom is 0.457 e. The number of allylic oxidation sites excluding steroid dienone is 1. The quantitative estimate of drug-likeness (QED) is 0.515. The van der Waals surface area contributed by atoms with Crippen LogP contribution in [0.15, 0.2) is 12.7 Å². The molecule has 0 nitrogen and oxygen atoms in total. The highest BCUT2D eigenvalue weighted by Gasteiger charge is 2.79. The van der Waals surface area contributed by atoms with Crippen molar-refractivity contribution in [2.45, 2.75) is 23.9 Å². The molecule has 0 spiro atoms. The molecule has 0 heterocycles. The molecule has 9 heteroatoms. The van der Waals surface area contributed by atoms with Crippen molar-refractivity contribution in [3.8, 4) is 0 Å². The summed E-state index contributed by atoms with van der Waals surface area (Å²) in [7, 11) is 0. The molecule has 90 valence electrons.